The van der Waals surface area contributed by atoms with E-state index in [2.05, 4.69) is 26.1 Å². The van der Waals surface area contributed by atoms with Gasteiger partial charge in [0.25, 0.3) is 0 Å². The third-order valence-corrected chi connectivity index (χ3v) is 5.41. The number of hydrogen-bond acceptors (Lipinski definition) is 5. The Bertz CT molecular complexity index is 949. The molecule has 0 aromatic carbocycles. The minimum atomic E-state index is -0.834. The maximum absolute atomic E-state index is 12.9. The van der Waals surface area contributed by atoms with E-state index in [1.807, 2.05) is 50.3 Å². The van der Waals surface area contributed by atoms with Gasteiger partial charge in [-0.1, -0.05) is 36.4 Å². The predicted molar refractivity (Wildman–Crippen MR) is 134 cm³/mol. The number of nitrogens with one attached hydrogen (secondary N) is 4. The van der Waals surface area contributed by atoms with Crippen LogP contribution in [-0.4, -0.2) is 72.0 Å². The third kappa shape index (κ3) is 10.3. The Labute approximate surface area is 206 Å². The van der Waals surface area contributed by atoms with E-state index in [9.17, 15) is 14.4 Å². The summed E-state index contributed by atoms with van der Waals surface area (Å²) in [5.74, 6) is -0.516. The molecule has 1 aliphatic rings. The third-order valence-electron chi connectivity index (χ3n) is 5.41. The van der Waals surface area contributed by atoms with Crippen molar-refractivity contribution < 1.29 is 19.1 Å². The second kappa shape index (κ2) is 15.2. The number of esters is 1. The number of piperidine rings is 1. The van der Waals surface area contributed by atoms with Crippen molar-refractivity contribution in [3.05, 3.63) is 66.0 Å². The van der Waals surface area contributed by atoms with E-state index in [1.165, 1.54) is 7.11 Å². The molecule has 0 spiro atoms. The van der Waals surface area contributed by atoms with Crippen molar-refractivity contribution in [1.82, 2.24) is 31.0 Å². The first-order chi connectivity index (χ1) is 16.9. The van der Waals surface area contributed by atoms with Crippen LogP contribution < -0.4 is 16.0 Å². The zero-order valence-corrected chi connectivity index (χ0v) is 20.6. The average Bonchev–Trinajstić information content (AvgIpc) is 2.95. The molecule has 1 saturated heterocycles. The van der Waals surface area contributed by atoms with Gasteiger partial charge in [0.1, 0.15) is 6.04 Å². The number of allylic oxidation sites excluding steroid dienone is 3. The summed E-state index contributed by atoms with van der Waals surface area (Å²) in [6.45, 7) is 5.22. The van der Waals surface area contributed by atoms with Crippen LogP contribution in [0.2, 0.25) is 0 Å². The van der Waals surface area contributed by atoms with Gasteiger partial charge >= 0.3 is 18.0 Å². The number of rotatable bonds is 8. The molecule has 35 heavy (non-hydrogen) atoms. The lowest BCUT2D eigenvalue weighted by Gasteiger charge is -2.33. The second-order valence-electron chi connectivity index (χ2n) is 8.17. The van der Waals surface area contributed by atoms with Crippen LogP contribution in [-0.2, 0) is 16.0 Å². The molecular formula is C25H36N6O4. The van der Waals surface area contributed by atoms with Gasteiger partial charge in [0.05, 0.1) is 7.11 Å². The molecule has 10 nitrogen and oxygen atoms in total. The average molecular weight is 485 g/mol. The lowest BCUT2D eigenvalue weighted by Crippen LogP contribution is -2.54. The normalized spacial score (nSPS) is 14.9. The molecule has 2 rings (SSSR count). The van der Waals surface area contributed by atoms with Gasteiger partial charge in [0.2, 0.25) is 0 Å². The van der Waals surface area contributed by atoms with Crippen LogP contribution in [0, 0.1) is 6.92 Å². The summed E-state index contributed by atoms with van der Waals surface area (Å²) in [7, 11) is 1.30. The molecule has 1 fully saturated rings. The zero-order valence-electron chi connectivity index (χ0n) is 20.6. The van der Waals surface area contributed by atoms with Crippen LogP contribution in [0.5, 0.6) is 0 Å². The first kappa shape index (κ1) is 27.4. The number of ether oxygens (including phenoxy) is 1. The summed E-state index contributed by atoms with van der Waals surface area (Å²) in [6, 6.07) is 4.10. The van der Waals surface area contributed by atoms with Crippen molar-refractivity contribution in [3.8, 4) is 0 Å². The van der Waals surface area contributed by atoms with Crippen LogP contribution in [0.3, 0.4) is 0 Å². The van der Waals surface area contributed by atoms with Crippen molar-refractivity contribution >= 4 is 18.0 Å². The summed E-state index contributed by atoms with van der Waals surface area (Å²) in [5, 5.41) is 15.3. The molecule has 1 aromatic heterocycles. The summed E-state index contributed by atoms with van der Waals surface area (Å²) in [4.78, 5) is 39.0. The number of aromatic amines is 1. The molecule has 0 bridgehead atoms. The predicted octanol–water partition coefficient (Wildman–Crippen LogP) is 2.53. The van der Waals surface area contributed by atoms with Crippen LogP contribution in [0.4, 0.5) is 9.59 Å². The van der Waals surface area contributed by atoms with Gasteiger partial charge in [-0.25, -0.2) is 14.4 Å². The highest BCUT2D eigenvalue weighted by Crippen LogP contribution is 2.12. The summed E-state index contributed by atoms with van der Waals surface area (Å²) < 4.78 is 4.92. The number of H-pyrrole nitrogens is 1. The van der Waals surface area contributed by atoms with E-state index in [0.29, 0.717) is 32.5 Å². The Balaban J connectivity index is 1.90. The minimum absolute atomic E-state index is 0.0193. The molecule has 1 aromatic rings. The number of likely N-dealkylation sites (tertiary alicyclic amines) is 1. The molecule has 2 heterocycles. The van der Waals surface area contributed by atoms with Crippen LogP contribution in [0.15, 0.2) is 54.9 Å². The zero-order chi connectivity index (χ0) is 25.5. The van der Waals surface area contributed by atoms with Crippen LogP contribution >= 0.6 is 0 Å². The summed E-state index contributed by atoms with van der Waals surface area (Å²) in [6.07, 6.45) is 12.4. The Morgan fingerprint density at radius 3 is 2.77 bits per heavy atom. The molecule has 4 N–H and O–H groups in total. The van der Waals surface area contributed by atoms with E-state index in [0.717, 1.165) is 11.1 Å². The molecule has 1 atom stereocenters. The maximum atomic E-state index is 12.9. The number of urea groups is 2. The molecule has 1 unspecified atom stereocenters. The number of carbonyl (C=O) groups excluding carboxylic acids is 3. The van der Waals surface area contributed by atoms with Gasteiger partial charge in [-0.15, -0.1) is 0 Å². The second-order valence-corrected chi connectivity index (χ2v) is 8.17. The first-order valence-corrected chi connectivity index (χ1v) is 11.7. The summed E-state index contributed by atoms with van der Waals surface area (Å²) >= 11 is 0. The molecular weight excluding hydrogens is 448 g/mol. The fourth-order valence-electron chi connectivity index (χ4n) is 3.59. The SMILES string of the molecule is C/C=C\C=C/CNC(=O)NC1CCN(C(=O)NC(Cc2cccn[nH]cc(C)c2)C(=O)OC)CC1. The minimum Gasteiger partial charge on any atom is -0.467 e. The van der Waals surface area contributed by atoms with E-state index in [4.69, 9.17) is 4.74 Å². The highest BCUT2D eigenvalue weighted by atomic mass is 16.5. The fraction of sp³-hybridized carbons (Fsp3) is 0.440. The topological polar surface area (TPSA) is 128 Å². The number of nitrogens with zero attached hydrogens (tertiary/aromatic N) is 2. The molecule has 4 amide bonds. The smallest absolute Gasteiger partial charge is 0.328 e. The van der Waals surface area contributed by atoms with Crippen LogP contribution in [0.1, 0.15) is 30.9 Å². The van der Waals surface area contributed by atoms with Gasteiger partial charge in [-0.3, -0.25) is 5.10 Å². The van der Waals surface area contributed by atoms with Gasteiger partial charge in [0, 0.05) is 44.5 Å². The quantitative estimate of drug-likeness (QED) is 0.333. The maximum Gasteiger partial charge on any atom is 0.328 e. The molecule has 10 heteroatoms. The number of aryl methyl sites for hydroxylation is 1. The molecule has 0 saturated carbocycles. The number of methoxy groups -OCH3 is 1. The summed E-state index contributed by atoms with van der Waals surface area (Å²) in [5.41, 5.74) is 1.77. The molecule has 190 valence electrons. The molecule has 1 aliphatic heterocycles. The lowest BCUT2D eigenvalue weighted by molar-refractivity contribution is -0.142. The van der Waals surface area contributed by atoms with Gasteiger partial charge in [-0.2, -0.15) is 5.10 Å². The Morgan fingerprint density at radius 1 is 1.29 bits per heavy atom. The number of amides is 4. The van der Waals surface area contributed by atoms with Gasteiger partial charge < -0.3 is 25.6 Å². The Morgan fingerprint density at radius 2 is 2.06 bits per heavy atom. The standard InChI is InChI=1S/C25H36N6O4/c1-4-5-6-7-12-26-24(33)29-21-10-14-31(15-11-21)25(34)30-22(23(32)35-3)17-20-9-8-13-27-28-18-19(2)16-20/h4-9,13,16,18,21-22,28H,10-12,14-15,17H2,1-3H3,(H,30,34)(H2,26,29,33)/b5-4-,7-6-,9-8?,19-18?,20-16?,27-13?. The van der Waals surface area contributed by atoms with Crippen molar-refractivity contribution in [2.24, 2.45) is 0 Å². The van der Waals surface area contributed by atoms with Gasteiger partial charge in [0.15, 0.2) is 0 Å². The molecule has 0 radical (unpaired) electrons. The van der Waals surface area contributed by atoms with E-state index < -0.39 is 12.0 Å². The van der Waals surface area contributed by atoms with Crippen molar-refractivity contribution in [2.75, 3.05) is 26.7 Å². The largest absolute Gasteiger partial charge is 0.467 e. The molecule has 0 aliphatic carbocycles. The van der Waals surface area contributed by atoms with Gasteiger partial charge in [-0.05, 0) is 43.9 Å². The highest BCUT2D eigenvalue weighted by molar-refractivity contribution is 5.84. The first-order valence-electron chi connectivity index (χ1n) is 11.7. The van der Waals surface area contributed by atoms with Crippen LogP contribution in [0.25, 0.3) is 0 Å². The van der Waals surface area contributed by atoms with Crippen molar-refractivity contribution in [1.29, 1.82) is 0 Å². The van der Waals surface area contributed by atoms with Crippen molar-refractivity contribution in [2.45, 2.75) is 45.2 Å². The number of aromatic nitrogens is 2. The number of hydrogen-bond donors (Lipinski definition) is 4. The highest BCUT2D eigenvalue weighted by Gasteiger charge is 2.28. The monoisotopic (exact) mass is 484 g/mol. The Hall–Kier alpha value is -3.82. The van der Waals surface area contributed by atoms with E-state index in [1.54, 1.807) is 23.4 Å². The van der Waals surface area contributed by atoms with E-state index >= 15 is 0 Å². The fourth-order valence-corrected chi connectivity index (χ4v) is 3.59. The Kier molecular flexibility index (Phi) is 11.9. The van der Waals surface area contributed by atoms with Crippen molar-refractivity contribution in [3.63, 3.8) is 0 Å². The number of carbonyl (C=O) groups is 3. The lowest BCUT2D eigenvalue weighted by atomic mass is 10.0. The van der Waals surface area contributed by atoms with E-state index in [-0.39, 0.29) is 24.5 Å².